The maximum atomic E-state index is 12.9. The second-order valence-electron chi connectivity index (χ2n) is 18.3. The normalized spacial score (nSPS) is 16.1. The van der Waals surface area contributed by atoms with Gasteiger partial charge in [-0.05, 0) is 65.8 Å². The predicted octanol–water partition coefficient (Wildman–Crippen LogP) is 11.4. The SMILES string of the molecule is CCN1C(=O)c2c(Cl)c(Cl)c3c4c(c(Cl)c(Cl)c(c24)C1=O)C(=O)N(CC)C3=O.CCN1C(=O)c2cc(Cl)c3c4c(c(Cl)cc(c24)C1=O)C(=O)N(CC)C3=O.CCN1C(=O)c2cc(Cl)c3c4c(cc(Cl)c(c24)C1=O)C(=O)N(CC)C3=O. The summed E-state index contributed by atoms with van der Waals surface area (Å²) in [6.45, 7) is 10.7. The molecule has 0 unspecified atom stereocenters. The molecule has 0 N–H and O–H groups in total. The van der Waals surface area contributed by atoms with Gasteiger partial charge in [-0.15, -0.1) is 0 Å². The van der Waals surface area contributed by atoms with Gasteiger partial charge in [0.2, 0.25) is 0 Å². The zero-order chi connectivity index (χ0) is 58.5. The highest BCUT2D eigenvalue weighted by Gasteiger charge is 2.47. The lowest BCUT2D eigenvalue weighted by atomic mass is 9.85. The van der Waals surface area contributed by atoms with Crippen LogP contribution in [0.5, 0.6) is 0 Å². The van der Waals surface area contributed by atoms with E-state index in [1.165, 1.54) is 24.3 Å². The fraction of sp³-hybridized carbons (Fsp3) is 0.222. The summed E-state index contributed by atoms with van der Waals surface area (Å²) in [6, 6.07) is 5.53. The van der Waals surface area contributed by atoms with Crippen LogP contribution >= 0.6 is 92.8 Å². The van der Waals surface area contributed by atoms with Gasteiger partial charge < -0.3 is 0 Å². The van der Waals surface area contributed by atoms with Crippen molar-refractivity contribution in [1.29, 1.82) is 0 Å². The van der Waals surface area contributed by atoms with Crippen LogP contribution in [0.25, 0.3) is 32.3 Å². The van der Waals surface area contributed by atoms with Gasteiger partial charge >= 0.3 is 0 Å². The molecule has 408 valence electrons. The highest BCUT2D eigenvalue weighted by molar-refractivity contribution is 6.55. The Balaban J connectivity index is 0.000000135. The van der Waals surface area contributed by atoms with E-state index < -0.39 is 70.9 Å². The Labute approximate surface area is 491 Å². The highest BCUT2D eigenvalue weighted by Crippen LogP contribution is 2.51. The third-order valence-corrected chi connectivity index (χ3v) is 17.5. The smallest absolute Gasteiger partial charge is 0.262 e. The van der Waals surface area contributed by atoms with Gasteiger partial charge in [-0.3, -0.25) is 86.9 Å². The third-order valence-electron chi connectivity index (χ3n) is 14.6. The molecule has 0 aliphatic carbocycles. The quantitative estimate of drug-likeness (QED) is 0.142. The van der Waals surface area contributed by atoms with E-state index in [2.05, 4.69) is 0 Å². The van der Waals surface area contributed by atoms with Crippen molar-refractivity contribution in [2.75, 3.05) is 39.3 Å². The number of imide groups is 6. The molecule has 26 heteroatoms. The lowest BCUT2D eigenvalue weighted by molar-refractivity contribution is 0.0597. The van der Waals surface area contributed by atoms with Crippen LogP contribution in [0.2, 0.25) is 40.2 Å². The standard InChI is InChI=1S/C18H10Cl4N2O4.2C18H12Cl2N2O4/c1-3-23-15(25)7-5-6-9(13(21)11(7)19)17(27)24(4-2)18(28)10(6)14(22)12(20)8(5)16(23)26;1-3-21-15(23)7-5-10(20)14-12-8(16(24)22(4-2)18(14)26)6-9(19)13(11(7)12)17(21)25;1-3-21-15(23)7-5-9(19)12-14-11(7)8(16(21)24)6-10(20)13(14)18(26)22(4-2)17(12)25/h3-4H2,1-2H3;2*5-6H,3-4H2,1-2H3. The molecular weight excluding hydrogens is 1210 g/mol. The van der Waals surface area contributed by atoms with Crippen molar-refractivity contribution in [3.63, 3.8) is 0 Å². The minimum absolute atomic E-state index is 0.0333. The van der Waals surface area contributed by atoms with E-state index in [1.54, 1.807) is 41.5 Å². The summed E-state index contributed by atoms with van der Waals surface area (Å²) >= 11 is 50.7. The number of rotatable bonds is 6. The van der Waals surface area contributed by atoms with Gasteiger partial charge in [0.05, 0.1) is 107 Å². The first kappa shape index (κ1) is 56.5. The summed E-state index contributed by atoms with van der Waals surface area (Å²) in [5, 5.41) is 0.503. The van der Waals surface area contributed by atoms with Crippen LogP contribution in [0, 0.1) is 0 Å². The number of nitrogens with zero attached hydrogens (tertiary/aromatic N) is 6. The van der Waals surface area contributed by atoms with Crippen molar-refractivity contribution in [3.8, 4) is 0 Å². The van der Waals surface area contributed by atoms with E-state index in [0.29, 0.717) is 0 Å². The van der Waals surface area contributed by atoms with E-state index in [9.17, 15) is 57.5 Å². The van der Waals surface area contributed by atoms with E-state index in [-0.39, 0.29) is 179 Å². The van der Waals surface area contributed by atoms with Gasteiger partial charge in [0.25, 0.3) is 70.9 Å². The third kappa shape index (κ3) is 7.45. The molecule has 6 heterocycles. The van der Waals surface area contributed by atoms with E-state index in [0.717, 1.165) is 29.4 Å². The van der Waals surface area contributed by atoms with Crippen molar-refractivity contribution in [2.24, 2.45) is 0 Å². The van der Waals surface area contributed by atoms with Gasteiger partial charge in [-0.1, -0.05) is 92.8 Å². The fourth-order valence-corrected chi connectivity index (χ4v) is 13.2. The van der Waals surface area contributed by atoms with Crippen LogP contribution in [0.1, 0.15) is 166 Å². The lowest BCUT2D eigenvalue weighted by Crippen LogP contribution is -2.43. The number of carbonyl (C=O) groups is 12. The second-order valence-corrected chi connectivity index (χ2v) is 21.4. The Morgan fingerprint density at radius 1 is 0.237 bits per heavy atom. The molecule has 0 saturated carbocycles. The number of carbonyl (C=O) groups excluding carboxylic acids is 12. The van der Waals surface area contributed by atoms with E-state index in [1.807, 2.05) is 0 Å². The number of benzene rings is 6. The van der Waals surface area contributed by atoms with Gasteiger partial charge in [-0.2, -0.15) is 0 Å². The highest BCUT2D eigenvalue weighted by atomic mass is 35.5. The second kappa shape index (κ2) is 20.1. The average molecular weight is 1240 g/mol. The van der Waals surface area contributed by atoms with Crippen LogP contribution in [-0.4, -0.2) is 140 Å². The molecule has 0 spiro atoms. The molecule has 0 fully saturated rings. The zero-order valence-corrected chi connectivity index (χ0v) is 48.2. The molecule has 0 radical (unpaired) electrons. The molecule has 0 aromatic heterocycles. The first-order valence-corrected chi connectivity index (χ1v) is 27.4. The lowest BCUT2D eigenvalue weighted by Gasteiger charge is -2.33. The molecule has 12 rings (SSSR count). The molecule has 12 amide bonds. The summed E-state index contributed by atoms with van der Waals surface area (Å²) in [5.74, 6) is -7.01. The van der Waals surface area contributed by atoms with E-state index in [4.69, 9.17) is 92.8 Å². The summed E-state index contributed by atoms with van der Waals surface area (Å²) in [4.78, 5) is 160. The Morgan fingerprint density at radius 3 is 0.625 bits per heavy atom. The number of hydrogen-bond donors (Lipinski definition) is 0. The maximum absolute atomic E-state index is 12.9. The van der Waals surface area contributed by atoms with Crippen molar-refractivity contribution in [2.45, 2.75) is 41.5 Å². The monoisotopic (exact) mass is 1240 g/mol. The first-order chi connectivity index (χ1) is 37.8. The van der Waals surface area contributed by atoms with Gasteiger partial charge in [-0.25, -0.2) is 0 Å². The van der Waals surface area contributed by atoms with Crippen LogP contribution < -0.4 is 0 Å². The Morgan fingerprint density at radius 2 is 0.400 bits per heavy atom. The van der Waals surface area contributed by atoms with Crippen LogP contribution in [-0.2, 0) is 0 Å². The fourth-order valence-electron chi connectivity index (χ4n) is 11.0. The van der Waals surface area contributed by atoms with E-state index >= 15 is 0 Å². The van der Waals surface area contributed by atoms with Crippen LogP contribution in [0.3, 0.4) is 0 Å². The molecule has 0 saturated heterocycles. The maximum Gasteiger partial charge on any atom is 0.262 e. The zero-order valence-electron chi connectivity index (χ0n) is 42.2. The van der Waals surface area contributed by atoms with Crippen molar-refractivity contribution < 1.29 is 57.5 Å². The molecule has 0 atom stereocenters. The molecule has 6 aromatic carbocycles. The summed E-state index contributed by atoms with van der Waals surface area (Å²) in [5.41, 5.74) is 0.822. The predicted molar refractivity (Wildman–Crippen MR) is 298 cm³/mol. The molecule has 6 aliphatic heterocycles. The number of hydrogen-bond acceptors (Lipinski definition) is 12. The topological polar surface area (TPSA) is 224 Å². The van der Waals surface area contributed by atoms with Crippen LogP contribution in [0.4, 0.5) is 0 Å². The largest absolute Gasteiger partial charge is 0.275 e. The number of amides is 12. The molecule has 18 nitrogen and oxygen atoms in total. The molecular formula is C54H34Cl8N6O12. The van der Waals surface area contributed by atoms with Gasteiger partial charge in [0.15, 0.2) is 0 Å². The summed E-state index contributed by atoms with van der Waals surface area (Å²) in [7, 11) is 0. The van der Waals surface area contributed by atoms with Gasteiger partial charge in [0, 0.05) is 71.6 Å². The van der Waals surface area contributed by atoms with Crippen molar-refractivity contribution >= 4 is 196 Å². The summed E-state index contributed by atoms with van der Waals surface area (Å²) < 4.78 is 0. The Bertz CT molecular complexity index is 3830. The van der Waals surface area contributed by atoms with Crippen molar-refractivity contribution in [1.82, 2.24) is 29.4 Å². The van der Waals surface area contributed by atoms with Crippen LogP contribution in [0.15, 0.2) is 24.3 Å². The summed E-state index contributed by atoms with van der Waals surface area (Å²) in [6.07, 6.45) is 0. The molecule has 80 heavy (non-hydrogen) atoms. The minimum atomic E-state index is -0.680. The molecule has 6 aromatic rings. The first-order valence-electron chi connectivity index (χ1n) is 24.3. The average Bonchev–Trinajstić information content (AvgIpc) is 3.48. The number of halogens is 8. The Kier molecular flexibility index (Phi) is 14.2. The Hall–Kier alpha value is -6.74. The van der Waals surface area contributed by atoms with Gasteiger partial charge in [0.1, 0.15) is 0 Å². The van der Waals surface area contributed by atoms with Crippen molar-refractivity contribution in [3.05, 3.63) is 131 Å². The molecule has 6 aliphatic rings. The minimum Gasteiger partial charge on any atom is -0.275 e. The molecule has 0 bridgehead atoms.